The second-order valence-electron chi connectivity index (χ2n) is 8.10. The van der Waals surface area contributed by atoms with Gasteiger partial charge in [0, 0.05) is 16.6 Å². The zero-order chi connectivity index (χ0) is 22.7. The fourth-order valence-electron chi connectivity index (χ4n) is 4.18. The van der Waals surface area contributed by atoms with Gasteiger partial charge in [0.1, 0.15) is 17.8 Å². The molecule has 32 heavy (non-hydrogen) atoms. The molecule has 1 heterocycles. The molecule has 3 aromatic rings. The lowest BCUT2D eigenvalue weighted by atomic mass is 9.92. The number of benzene rings is 2. The molecule has 0 bridgehead atoms. The van der Waals surface area contributed by atoms with Gasteiger partial charge in [-0.2, -0.15) is 0 Å². The summed E-state index contributed by atoms with van der Waals surface area (Å²) in [5.74, 6) is -1.15. The lowest BCUT2D eigenvalue weighted by Crippen LogP contribution is -2.32. The minimum atomic E-state index is -1.11. The van der Waals surface area contributed by atoms with Crippen LogP contribution in [0, 0.1) is 12.8 Å². The zero-order valence-corrected chi connectivity index (χ0v) is 18.1. The largest absolute Gasteiger partial charge is 0.489 e. The van der Waals surface area contributed by atoms with E-state index in [1.54, 1.807) is 23.7 Å². The quantitative estimate of drug-likeness (QED) is 0.318. The summed E-state index contributed by atoms with van der Waals surface area (Å²) in [5.41, 5.74) is 4.02. The number of pyridine rings is 1. The van der Waals surface area contributed by atoms with Crippen LogP contribution >= 0.6 is 0 Å². The molecule has 2 N–H and O–H groups in total. The Morgan fingerprint density at radius 3 is 2.78 bits per heavy atom. The van der Waals surface area contributed by atoms with Crippen molar-refractivity contribution in [2.45, 2.75) is 38.7 Å². The average Bonchev–Trinajstić information content (AvgIpc) is 3.57. The number of amides is 1. The topological polar surface area (TPSA) is 97.8 Å². The first-order chi connectivity index (χ1) is 15.5. The summed E-state index contributed by atoms with van der Waals surface area (Å²) in [6, 6.07) is 17.1. The normalized spacial score (nSPS) is 19.4. The molecule has 0 radical (unpaired) electrons. The summed E-state index contributed by atoms with van der Waals surface area (Å²) >= 11 is 0. The van der Waals surface area contributed by atoms with Crippen LogP contribution in [0.3, 0.4) is 0 Å². The number of carbonyl (C=O) groups excluding carboxylic acids is 2. The van der Waals surface area contributed by atoms with Crippen molar-refractivity contribution in [3.8, 4) is 5.75 Å². The molecule has 2 aromatic carbocycles. The molecular formula is C25H26N2O5. The number of carbonyl (C=O) groups is 2. The lowest BCUT2D eigenvalue weighted by Gasteiger charge is -2.18. The highest BCUT2D eigenvalue weighted by molar-refractivity contribution is 5.98. The number of fused-ring (bicyclic) bond motifs is 1. The number of hydrogen-bond donors (Lipinski definition) is 2. The van der Waals surface area contributed by atoms with E-state index in [2.05, 4.69) is 4.98 Å². The van der Waals surface area contributed by atoms with Crippen molar-refractivity contribution in [2.24, 2.45) is 5.92 Å². The number of aromatic nitrogens is 1. The Kier molecular flexibility index (Phi) is 6.10. The summed E-state index contributed by atoms with van der Waals surface area (Å²) in [5, 5.41) is 10.1. The van der Waals surface area contributed by atoms with Crippen LogP contribution in [0.4, 0.5) is 0 Å². The Labute approximate surface area is 186 Å². The highest BCUT2D eigenvalue weighted by Crippen LogP contribution is 2.55. The number of hydroxylamine groups is 1. The maximum absolute atomic E-state index is 12.9. The molecule has 7 heteroatoms. The maximum Gasteiger partial charge on any atom is 0.317 e. The van der Waals surface area contributed by atoms with E-state index in [4.69, 9.17) is 14.7 Å². The SMILES string of the molecule is CCCOC(=O)C1(c2cccc(OCc3cc(C)nc4ccccc34)c2)CC1C(=O)NO. The monoisotopic (exact) mass is 434 g/mol. The van der Waals surface area contributed by atoms with Gasteiger partial charge in [-0.25, -0.2) is 5.48 Å². The highest BCUT2D eigenvalue weighted by Gasteiger charge is 2.66. The fourth-order valence-corrected chi connectivity index (χ4v) is 4.18. The average molecular weight is 434 g/mol. The molecule has 0 spiro atoms. The molecule has 1 aliphatic rings. The summed E-state index contributed by atoms with van der Waals surface area (Å²) < 4.78 is 11.5. The van der Waals surface area contributed by atoms with Gasteiger partial charge >= 0.3 is 5.97 Å². The van der Waals surface area contributed by atoms with Crippen LogP contribution in [0.1, 0.15) is 36.6 Å². The van der Waals surface area contributed by atoms with E-state index in [9.17, 15) is 9.59 Å². The van der Waals surface area contributed by atoms with E-state index in [1.165, 1.54) is 0 Å². The Bertz CT molecular complexity index is 1160. The van der Waals surface area contributed by atoms with Crippen molar-refractivity contribution in [1.29, 1.82) is 0 Å². The molecule has 4 rings (SSSR count). The van der Waals surface area contributed by atoms with E-state index >= 15 is 0 Å². The number of aryl methyl sites for hydroxylation is 1. The number of hydrogen-bond acceptors (Lipinski definition) is 6. The van der Waals surface area contributed by atoms with E-state index in [-0.39, 0.29) is 13.0 Å². The predicted molar refractivity (Wildman–Crippen MR) is 118 cm³/mol. The van der Waals surface area contributed by atoms with Crippen molar-refractivity contribution >= 4 is 22.8 Å². The van der Waals surface area contributed by atoms with Crippen LogP contribution in [-0.2, 0) is 26.3 Å². The van der Waals surface area contributed by atoms with Gasteiger partial charge in [-0.1, -0.05) is 37.3 Å². The fraction of sp³-hybridized carbons (Fsp3) is 0.320. The Morgan fingerprint density at radius 1 is 1.19 bits per heavy atom. The van der Waals surface area contributed by atoms with Gasteiger partial charge in [0.05, 0.1) is 18.0 Å². The van der Waals surface area contributed by atoms with Crippen LogP contribution in [0.15, 0.2) is 54.6 Å². The first-order valence-electron chi connectivity index (χ1n) is 10.7. The summed E-state index contributed by atoms with van der Waals surface area (Å²) in [7, 11) is 0. The third-order valence-corrected chi connectivity index (χ3v) is 5.86. The van der Waals surface area contributed by atoms with Crippen LogP contribution in [-0.4, -0.2) is 28.7 Å². The van der Waals surface area contributed by atoms with Crippen molar-refractivity contribution in [3.63, 3.8) is 0 Å². The molecule has 1 amide bonds. The molecule has 1 aromatic heterocycles. The molecule has 0 aliphatic heterocycles. The Balaban J connectivity index is 1.59. The summed E-state index contributed by atoms with van der Waals surface area (Å²) in [6.07, 6.45) is 0.959. The number of rotatable bonds is 8. The maximum atomic E-state index is 12.9. The standard InChI is InChI=1S/C25H26N2O5/c1-3-11-31-24(29)25(14-21(25)23(28)27-30)18-7-6-8-19(13-18)32-15-17-12-16(2)26-22-10-5-4-9-20(17)22/h4-10,12-13,21,30H,3,11,14-15H2,1-2H3,(H,27,28). The van der Waals surface area contributed by atoms with Crippen molar-refractivity contribution in [1.82, 2.24) is 10.5 Å². The molecule has 1 fully saturated rings. The van der Waals surface area contributed by atoms with Gasteiger partial charge in [0.25, 0.3) is 0 Å². The number of para-hydroxylation sites is 1. The van der Waals surface area contributed by atoms with Gasteiger partial charge in [0.2, 0.25) is 5.91 Å². The molecule has 7 nitrogen and oxygen atoms in total. The molecule has 2 atom stereocenters. The van der Waals surface area contributed by atoms with Crippen LogP contribution < -0.4 is 10.2 Å². The lowest BCUT2D eigenvalue weighted by molar-refractivity contribution is -0.149. The molecule has 1 saturated carbocycles. The van der Waals surface area contributed by atoms with Gasteiger partial charge in [-0.15, -0.1) is 0 Å². The Hall–Kier alpha value is -3.45. The van der Waals surface area contributed by atoms with Gasteiger partial charge in [-0.3, -0.25) is 19.8 Å². The minimum absolute atomic E-state index is 0.276. The van der Waals surface area contributed by atoms with Crippen LogP contribution in [0.25, 0.3) is 10.9 Å². The Morgan fingerprint density at radius 2 is 2.00 bits per heavy atom. The third-order valence-electron chi connectivity index (χ3n) is 5.86. The second-order valence-corrected chi connectivity index (χ2v) is 8.10. The molecule has 1 aliphatic carbocycles. The first kappa shape index (κ1) is 21.8. The summed E-state index contributed by atoms with van der Waals surface area (Å²) in [4.78, 5) is 29.5. The minimum Gasteiger partial charge on any atom is -0.489 e. The van der Waals surface area contributed by atoms with Gasteiger partial charge in [-0.05, 0) is 49.6 Å². The van der Waals surface area contributed by atoms with Crippen molar-refractivity contribution < 1.29 is 24.3 Å². The van der Waals surface area contributed by atoms with Gasteiger partial charge < -0.3 is 9.47 Å². The van der Waals surface area contributed by atoms with E-state index in [1.807, 2.05) is 50.2 Å². The number of nitrogens with one attached hydrogen (secondary N) is 1. The number of ether oxygens (including phenoxy) is 2. The van der Waals surface area contributed by atoms with Crippen LogP contribution in [0.5, 0.6) is 5.75 Å². The highest BCUT2D eigenvalue weighted by atomic mass is 16.5. The van der Waals surface area contributed by atoms with Crippen LogP contribution in [0.2, 0.25) is 0 Å². The number of nitrogens with zero attached hydrogens (tertiary/aromatic N) is 1. The first-order valence-corrected chi connectivity index (χ1v) is 10.7. The van der Waals surface area contributed by atoms with E-state index in [0.717, 1.165) is 22.2 Å². The van der Waals surface area contributed by atoms with E-state index < -0.39 is 23.2 Å². The van der Waals surface area contributed by atoms with Crippen molar-refractivity contribution in [3.05, 3.63) is 71.4 Å². The second kappa shape index (κ2) is 8.96. The smallest absolute Gasteiger partial charge is 0.317 e. The molecule has 0 saturated heterocycles. The van der Waals surface area contributed by atoms with Crippen molar-refractivity contribution in [2.75, 3.05) is 6.61 Å². The molecular weight excluding hydrogens is 408 g/mol. The predicted octanol–water partition coefficient (Wildman–Crippen LogP) is 3.84. The zero-order valence-electron chi connectivity index (χ0n) is 18.1. The summed E-state index contributed by atoms with van der Waals surface area (Å²) in [6.45, 7) is 4.46. The van der Waals surface area contributed by atoms with E-state index in [0.29, 0.717) is 24.3 Å². The third kappa shape index (κ3) is 4.03. The molecule has 2 unspecified atom stereocenters. The van der Waals surface area contributed by atoms with Gasteiger partial charge in [0.15, 0.2) is 0 Å². The molecule has 166 valence electrons. The number of esters is 1.